The minimum Gasteiger partial charge on any atom is -0.326 e. The van der Waals surface area contributed by atoms with E-state index in [1.54, 1.807) is 12.1 Å². The van der Waals surface area contributed by atoms with Crippen molar-refractivity contribution in [2.45, 2.75) is 20.3 Å². The van der Waals surface area contributed by atoms with Crippen LogP contribution in [0, 0.1) is 19.7 Å². The summed E-state index contributed by atoms with van der Waals surface area (Å²) in [5.41, 5.74) is 4.68. The maximum Gasteiger partial charge on any atom is 0.230 e. The molecule has 1 heterocycles. The zero-order valence-corrected chi connectivity index (χ0v) is 14.3. The van der Waals surface area contributed by atoms with Gasteiger partial charge in [-0.3, -0.25) is 4.79 Å². The van der Waals surface area contributed by atoms with Gasteiger partial charge in [0.1, 0.15) is 10.8 Å². The number of hydrogen-bond donors (Lipinski definition) is 1. The Morgan fingerprint density at radius 1 is 1.12 bits per heavy atom. The number of thiazole rings is 1. The van der Waals surface area contributed by atoms with Crippen LogP contribution in [0.25, 0.3) is 10.6 Å². The minimum atomic E-state index is -0.275. The fraction of sp³-hybridized carbons (Fsp3) is 0.158. The molecule has 1 amide bonds. The Bertz CT molecular complexity index is 871. The van der Waals surface area contributed by atoms with E-state index >= 15 is 0 Å². The second kappa shape index (κ2) is 6.93. The van der Waals surface area contributed by atoms with Gasteiger partial charge in [-0.15, -0.1) is 11.3 Å². The van der Waals surface area contributed by atoms with Crippen LogP contribution in [0.1, 0.15) is 16.8 Å². The summed E-state index contributed by atoms with van der Waals surface area (Å²) < 4.78 is 13.0. The summed E-state index contributed by atoms with van der Waals surface area (Å²) in [5.74, 6) is -0.377. The largest absolute Gasteiger partial charge is 0.326 e. The first-order chi connectivity index (χ1) is 11.5. The van der Waals surface area contributed by atoms with Crippen molar-refractivity contribution in [3.05, 3.63) is 70.5 Å². The summed E-state index contributed by atoms with van der Waals surface area (Å²) in [6, 6.07) is 12.0. The van der Waals surface area contributed by atoms with Crippen LogP contribution < -0.4 is 5.32 Å². The van der Waals surface area contributed by atoms with Crippen LogP contribution >= 0.6 is 11.3 Å². The van der Waals surface area contributed by atoms with Gasteiger partial charge in [0.05, 0.1) is 12.1 Å². The standard InChI is InChI=1S/C19H17FN2OS/c1-12-3-8-16(9-13(12)2)21-18(23)10-17-11-24-19(22-17)14-4-6-15(20)7-5-14/h3-9,11H,10H2,1-2H3,(H,21,23). The van der Waals surface area contributed by atoms with Crippen molar-refractivity contribution in [3.8, 4) is 10.6 Å². The molecule has 3 aromatic rings. The summed E-state index contributed by atoms with van der Waals surface area (Å²) in [6.07, 6.45) is 0.213. The molecule has 3 nitrogen and oxygen atoms in total. The number of anilines is 1. The summed E-state index contributed by atoms with van der Waals surface area (Å²) in [5, 5.41) is 5.53. The molecule has 0 aliphatic rings. The van der Waals surface area contributed by atoms with Gasteiger partial charge in [-0.05, 0) is 61.4 Å². The fourth-order valence-electron chi connectivity index (χ4n) is 2.30. The number of carbonyl (C=O) groups excluding carboxylic acids is 1. The molecule has 5 heteroatoms. The maximum absolute atomic E-state index is 13.0. The molecule has 0 radical (unpaired) electrons. The first-order valence-electron chi connectivity index (χ1n) is 7.59. The van der Waals surface area contributed by atoms with Crippen molar-refractivity contribution < 1.29 is 9.18 Å². The van der Waals surface area contributed by atoms with E-state index in [-0.39, 0.29) is 18.1 Å². The van der Waals surface area contributed by atoms with Crippen LogP contribution in [0.15, 0.2) is 47.8 Å². The SMILES string of the molecule is Cc1ccc(NC(=O)Cc2csc(-c3ccc(F)cc3)n2)cc1C. The van der Waals surface area contributed by atoms with E-state index in [4.69, 9.17) is 0 Å². The van der Waals surface area contributed by atoms with Crippen molar-refractivity contribution in [1.82, 2.24) is 4.98 Å². The molecule has 1 aromatic heterocycles. The molecular weight excluding hydrogens is 323 g/mol. The summed E-state index contributed by atoms with van der Waals surface area (Å²) in [4.78, 5) is 16.6. The molecule has 0 fully saturated rings. The lowest BCUT2D eigenvalue weighted by molar-refractivity contribution is -0.115. The molecule has 0 saturated heterocycles. The number of aryl methyl sites for hydroxylation is 2. The maximum atomic E-state index is 13.0. The van der Waals surface area contributed by atoms with Crippen molar-refractivity contribution >= 4 is 22.9 Å². The van der Waals surface area contributed by atoms with Crippen molar-refractivity contribution in [3.63, 3.8) is 0 Å². The molecular formula is C19H17FN2OS. The monoisotopic (exact) mass is 340 g/mol. The molecule has 0 aliphatic carbocycles. The van der Waals surface area contributed by atoms with E-state index < -0.39 is 0 Å². The molecule has 0 atom stereocenters. The Morgan fingerprint density at radius 3 is 2.58 bits per heavy atom. The van der Waals surface area contributed by atoms with Crippen LogP contribution in [0.4, 0.5) is 10.1 Å². The van der Waals surface area contributed by atoms with E-state index in [1.807, 2.05) is 37.4 Å². The highest BCUT2D eigenvalue weighted by molar-refractivity contribution is 7.13. The van der Waals surface area contributed by atoms with Crippen molar-refractivity contribution in [1.29, 1.82) is 0 Å². The van der Waals surface area contributed by atoms with E-state index in [2.05, 4.69) is 10.3 Å². The second-order valence-electron chi connectivity index (χ2n) is 5.67. The zero-order chi connectivity index (χ0) is 17.1. The third-order valence-corrected chi connectivity index (χ3v) is 4.72. The number of halogens is 1. The average Bonchev–Trinajstić information content (AvgIpc) is 3.00. The number of aromatic nitrogens is 1. The van der Waals surface area contributed by atoms with Gasteiger partial charge in [0.25, 0.3) is 0 Å². The molecule has 1 N–H and O–H groups in total. The zero-order valence-electron chi connectivity index (χ0n) is 13.5. The summed E-state index contributed by atoms with van der Waals surface area (Å²) in [7, 11) is 0. The molecule has 2 aromatic carbocycles. The fourth-order valence-corrected chi connectivity index (χ4v) is 3.13. The Hall–Kier alpha value is -2.53. The number of carbonyl (C=O) groups is 1. The smallest absolute Gasteiger partial charge is 0.230 e. The summed E-state index contributed by atoms with van der Waals surface area (Å²) >= 11 is 1.45. The van der Waals surface area contributed by atoms with Crippen LogP contribution in [0.2, 0.25) is 0 Å². The van der Waals surface area contributed by atoms with E-state index in [1.165, 1.54) is 29.0 Å². The van der Waals surface area contributed by atoms with Crippen LogP contribution in [0.3, 0.4) is 0 Å². The second-order valence-corrected chi connectivity index (χ2v) is 6.53. The predicted molar refractivity (Wildman–Crippen MR) is 95.8 cm³/mol. The van der Waals surface area contributed by atoms with Gasteiger partial charge in [-0.1, -0.05) is 6.07 Å². The Labute approximate surface area is 144 Å². The van der Waals surface area contributed by atoms with E-state index in [9.17, 15) is 9.18 Å². The topological polar surface area (TPSA) is 42.0 Å². The Morgan fingerprint density at radius 2 is 1.88 bits per heavy atom. The number of nitrogens with one attached hydrogen (secondary N) is 1. The Balaban J connectivity index is 1.66. The average molecular weight is 340 g/mol. The van der Waals surface area contributed by atoms with Gasteiger partial charge in [-0.2, -0.15) is 0 Å². The van der Waals surface area contributed by atoms with Gasteiger partial charge in [-0.25, -0.2) is 9.37 Å². The highest BCUT2D eigenvalue weighted by Crippen LogP contribution is 2.24. The van der Waals surface area contributed by atoms with E-state index in [0.717, 1.165) is 21.8 Å². The first-order valence-corrected chi connectivity index (χ1v) is 8.46. The lowest BCUT2D eigenvalue weighted by Gasteiger charge is -2.06. The normalized spacial score (nSPS) is 10.6. The lowest BCUT2D eigenvalue weighted by Crippen LogP contribution is -2.14. The highest BCUT2D eigenvalue weighted by Gasteiger charge is 2.10. The molecule has 3 rings (SSSR count). The number of hydrogen-bond acceptors (Lipinski definition) is 3. The first kappa shape index (κ1) is 16.3. The molecule has 0 spiro atoms. The minimum absolute atomic E-state index is 0.103. The third kappa shape index (κ3) is 3.86. The van der Waals surface area contributed by atoms with Gasteiger partial charge < -0.3 is 5.32 Å². The van der Waals surface area contributed by atoms with Crippen LogP contribution in [0.5, 0.6) is 0 Å². The highest BCUT2D eigenvalue weighted by atomic mass is 32.1. The lowest BCUT2D eigenvalue weighted by atomic mass is 10.1. The number of amides is 1. The molecule has 0 saturated carbocycles. The molecule has 0 bridgehead atoms. The number of rotatable bonds is 4. The van der Waals surface area contributed by atoms with E-state index in [0.29, 0.717) is 5.69 Å². The Kier molecular flexibility index (Phi) is 4.71. The van der Waals surface area contributed by atoms with Gasteiger partial charge >= 0.3 is 0 Å². The van der Waals surface area contributed by atoms with Gasteiger partial charge in [0.15, 0.2) is 0 Å². The van der Waals surface area contributed by atoms with Crippen LogP contribution in [-0.4, -0.2) is 10.9 Å². The quantitative estimate of drug-likeness (QED) is 0.745. The molecule has 24 heavy (non-hydrogen) atoms. The van der Waals surface area contributed by atoms with Crippen molar-refractivity contribution in [2.75, 3.05) is 5.32 Å². The van der Waals surface area contributed by atoms with Crippen molar-refractivity contribution in [2.24, 2.45) is 0 Å². The summed E-state index contributed by atoms with van der Waals surface area (Å²) in [6.45, 7) is 4.05. The molecule has 0 unspecified atom stereocenters. The number of nitrogens with zero attached hydrogens (tertiary/aromatic N) is 1. The molecule has 122 valence electrons. The predicted octanol–water partition coefficient (Wildman–Crippen LogP) is 4.75. The molecule has 0 aliphatic heterocycles. The third-order valence-electron chi connectivity index (χ3n) is 3.78. The van der Waals surface area contributed by atoms with Crippen LogP contribution in [-0.2, 0) is 11.2 Å². The van der Waals surface area contributed by atoms with Gasteiger partial charge in [0, 0.05) is 16.6 Å². The van der Waals surface area contributed by atoms with Gasteiger partial charge in [0.2, 0.25) is 5.91 Å². The number of benzene rings is 2.